The van der Waals surface area contributed by atoms with E-state index in [1.54, 1.807) is 32.6 Å². The molecule has 2 saturated heterocycles. The van der Waals surface area contributed by atoms with Crippen LogP contribution in [-0.2, 0) is 25.5 Å². The summed E-state index contributed by atoms with van der Waals surface area (Å²) in [5, 5.41) is 17.1. The van der Waals surface area contributed by atoms with Gasteiger partial charge in [-0.25, -0.2) is 4.79 Å². The normalized spacial score (nSPS) is 30.3. The smallest absolute Gasteiger partial charge is 0.410 e. The summed E-state index contributed by atoms with van der Waals surface area (Å²) in [6, 6.07) is 5.46. The van der Waals surface area contributed by atoms with Crippen LogP contribution < -0.4 is 10.6 Å². The highest BCUT2D eigenvalue weighted by molar-refractivity contribution is 5.94. The average molecular weight is 638 g/mol. The maximum Gasteiger partial charge on any atom is 0.410 e. The number of carbonyl (C=O) groups is 4. The van der Waals surface area contributed by atoms with E-state index in [-0.39, 0.29) is 23.8 Å². The van der Waals surface area contributed by atoms with Gasteiger partial charge >= 0.3 is 6.09 Å². The van der Waals surface area contributed by atoms with E-state index in [0.717, 1.165) is 56.1 Å². The second kappa shape index (κ2) is 12.8. The van der Waals surface area contributed by atoms with Gasteiger partial charge < -0.3 is 25.4 Å². The van der Waals surface area contributed by atoms with Crippen molar-refractivity contribution < 1.29 is 29.0 Å². The molecule has 2 heterocycles. The van der Waals surface area contributed by atoms with Crippen LogP contribution in [0.15, 0.2) is 24.3 Å². The van der Waals surface area contributed by atoms with E-state index in [1.165, 1.54) is 11.9 Å². The molecule has 5 aliphatic rings. The molecule has 0 aromatic heterocycles. The number of aliphatic hydroxyl groups is 1. The van der Waals surface area contributed by atoms with Crippen molar-refractivity contribution in [2.75, 3.05) is 20.1 Å². The molecule has 3 N–H and O–H groups in total. The molecule has 0 bridgehead atoms. The number of fused-ring (bicyclic) bond motifs is 4. The Hall–Kier alpha value is -3.18. The number of ether oxygens (including phenoxy) is 1. The summed E-state index contributed by atoms with van der Waals surface area (Å²) >= 11 is 0. The summed E-state index contributed by atoms with van der Waals surface area (Å²) in [6.07, 6.45) is 5.91. The van der Waals surface area contributed by atoms with Crippen LogP contribution in [0.4, 0.5) is 4.79 Å². The van der Waals surface area contributed by atoms with Crippen molar-refractivity contribution in [2.45, 2.75) is 127 Å². The summed E-state index contributed by atoms with van der Waals surface area (Å²) in [4.78, 5) is 60.7. The predicted octanol–water partition coefficient (Wildman–Crippen LogP) is 2.76. The number of nitrogens with zero attached hydrogens (tertiary/aromatic N) is 3. The summed E-state index contributed by atoms with van der Waals surface area (Å²) in [6.45, 7) is 7.82. The van der Waals surface area contributed by atoms with Gasteiger partial charge in [0.05, 0.1) is 12.1 Å². The third-order valence-electron chi connectivity index (χ3n) is 10.9. The number of piperidine rings is 1. The number of amides is 4. The second-order valence-electron chi connectivity index (χ2n) is 15.3. The fraction of sp³-hybridized carbons (Fsp3) is 0.714. The number of aliphatic hydroxyl groups excluding tert-OH is 1. The molecule has 0 spiro atoms. The van der Waals surface area contributed by atoms with E-state index in [4.69, 9.17) is 4.74 Å². The number of carbonyl (C=O) groups excluding carboxylic acids is 4. The van der Waals surface area contributed by atoms with Gasteiger partial charge in [-0.3, -0.25) is 24.2 Å². The lowest BCUT2D eigenvalue weighted by molar-refractivity contribution is -0.150. The lowest BCUT2D eigenvalue weighted by Gasteiger charge is -2.46. The van der Waals surface area contributed by atoms with E-state index in [0.29, 0.717) is 31.5 Å². The Morgan fingerprint density at radius 1 is 1.04 bits per heavy atom. The van der Waals surface area contributed by atoms with Crippen molar-refractivity contribution in [3.05, 3.63) is 35.4 Å². The molecule has 11 nitrogen and oxygen atoms in total. The Bertz CT molecular complexity index is 1340. The van der Waals surface area contributed by atoms with Crippen LogP contribution in [0.2, 0.25) is 0 Å². The maximum atomic E-state index is 14.7. The number of likely N-dealkylation sites (N-methyl/N-ethyl adjacent to an activating group) is 1. The molecule has 6 rings (SSSR count). The Labute approximate surface area is 272 Å². The minimum absolute atomic E-state index is 0.0634. The van der Waals surface area contributed by atoms with Crippen molar-refractivity contribution in [2.24, 2.45) is 11.8 Å². The maximum absolute atomic E-state index is 14.7. The minimum Gasteiger partial charge on any atom is -0.444 e. The largest absolute Gasteiger partial charge is 0.444 e. The first-order valence-electron chi connectivity index (χ1n) is 17.2. The summed E-state index contributed by atoms with van der Waals surface area (Å²) in [5.41, 5.74) is 1.22. The summed E-state index contributed by atoms with van der Waals surface area (Å²) in [5.74, 6) is -0.384. The fourth-order valence-corrected chi connectivity index (χ4v) is 8.20. The van der Waals surface area contributed by atoms with E-state index < -0.39 is 47.9 Å². The molecule has 3 aliphatic carbocycles. The monoisotopic (exact) mass is 637 g/mol. The number of piperazine rings is 1. The first-order valence-corrected chi connectivity index (χ1v) is 17.2. The van der Waals surface area contributed by atoms with Crippen molar-refractivity contribution in [1.82, 2.24) is 25.3 Å². The Morgan fingerprint density at radius 2 is 1.76 bits per heavy atom. The Morgan fingerprint density at radius 3 is 2.48 bits per heavy atom. The zero-order chi connectivity index (χ0) is 32.9. The van der Waals surface area contributed by atoms with Crippen LogP contribution in [0.1, 0.15) is 89.8 Å². The third-order valence-corrected chi connectivity index (χ3v) is 10.9. The van der Waals surface area contributed by atoms with Crippen molar-refractivity contribution in [3.63, 3.8) is 0 Å². The molecular weight excluding hydrogens is 586 g/mol. The highest BCUT2D eigenvalue weighted by Gasteiger charge is 2.57. The first-order chi connectivity index (χ1) is 21.8. The van der Waals surface area contributed by atoms with Gasteiger partial charge in [0.15, 0.2) is 0 Å². The highest BCUT2D eigenvalue weighted by atomic mass is 16.6. The van der Waals surface area contributed by atoms with Crippen molar-refractivity contribution in [1.29, 1.82) is 0 Å². The molecule has 4 amide bonds. The lowest BCUT2D eigenvalue weighted by atomic mass is 9.82. The zero-order valence-corrected chi connectivity index (χ0v) is 27.9. The van der Waals surface area contributed by atoms with Crippen molar-refractivity contribution in [3.8, 4) is 0 Å². The molecule has 1 aromatic rings. The van der Waals surface area contributed by atoms with Crippen LogP contribution in [0, 0.1) is 11.8 Å². The molecule has 2 saturated carbocycles. The number of nitrogens with one attached hydrogen (secondary N) is 2. The van der Waals surface area contributed by atoms with Crippen LogP contribution in [0.3, 0.4) is 0 Å². The van der Waals surface area contributed by atoms with Crippen LogP contribution in [0.5, 0.6) is 0 Å². The van der Waals surface area contributed by atoms with Crippen LogP contribution >= 0.6 is 0 Å². The molecule has 11 heteroatoms. The van der Waals surface area contributed by atoms with Gasteiger partial charge in [0.2, 0.25) is 17.7 Å². The number of hydrogen-bond acceptors (Lipinski definition) is 7. The molecule has 46 heavy (non-hydrogen) atoms. The summed E-state index contributed by atoms with van der Waals surface area (Å²) in [7, 11) is 1.52. The lowest BCUT2D eigenvalue weighted by Crippen LogP contribution is -2.67. The molecule has 4 fully saturated rings. The third kappa shape index (κ3) is 6.63. The van der Waals surface area contributed by atoms with Crippen LogP contribution in [0.25, 0.3) is 0 Å². The quantitative estimate of drug-likeness (QED) is 0.419. The highest BCUT2D eigenvalue weighted by Crippen LogP contribution is 2.49. The standard InChI is InChI=1S/C35H51N5O6/c1-20(38(5)34(45)46-35(2,3)4)31(42)36-29(21-11-7-6-8-12-21)33(44)40-18-24-15-23-16-26(23)39(24)19-27(40)32(43)37-30-25-14-10-9-13-22(25)17-28(30)41/h9-10,13-14,20-21,23-24,26-30,41H,6-8,11-12,15-19H2,1-5H3,(H,36,42)(H,37,43)/t20-,23-,24+,26+,27-,28-,29-,30-/m0/s1. The fourth-order valence-electron chi connectivity index (χ4n) is 8.20. The zero-order valence-electron chi connectivity index (χ0n) is 27.9. The number of rotatable bonds is 7. The molecule has 252 valence electrons. The Balaban J connectivity index is 1.23. The molecule has 8 atom stereocenters. The van der Waals surface area contributed by atoms with Gasteiger partial charge in [-0.2, -0.15) is 0 Å². The molecule has 0 unspecified atom stereocenters. The van der Waals surface area contributed by atoms with E-state index >= 15 is 0 Å². The topological polar surface area (TPSA) is 132 Å². The molecular formula is C35H51N5O6. The van der Waals surface area contributed by atoms with Gasteiger partial charge in [0.1, 0.15) is 23.7 Å². The second-order valence-corrected chi connectivity index (χ2v) is 15.3. The van der Waals surface area contributed by atoms with Gasteiger partial charge in [0.25, 0.3) is 0 Å². The Kier molecular flexibility index (Phi) is 9.10. The molecule has 2 aliphatic heterocycles. The van der Waals surface area contributed by atoms with Gasteiger partial charge in [0, 0.05) is 38.6 Å². The van der Waals surface area contributed by atoms with Crippen molar-refractivity contribution >= 4 is 23.8 Å². The van der Waals surface area contributed by atoms with E-state index in [9.17, 15) is 24.3 Å². The average Bonchev–Trinajstić information content (AvgIpc) is 3.60. The number of hydrogen-bond donors (Lipinski definition) is 3. The van der Waals surface area contributed by atoms with E-state index in [1.807, 2.05) is 24.3 Å². The SMILES string of the molecule is C[C@@H](C(=O)N[C@H](C(=O)N1C[C@H]2C[C@H]3C[C@H]3N2C[C@H]1C(=O)N[C@H]1c2ccccc2C[C@@H]1O)C1CCCCC1)N(C)C(=O)OC(C)(C)C. The first kappa shape index (κ1) is 32.7. The van der Waals surface area contributed by atoms with Crippen LogP contribution in [-0.4, -0.2) is 106 Å². The molecule has 0 radical (unpaired) electrons. The molecule has 1 aromatic carbocycles. The van der Waals surface area contributed by atoms with Gasteiger partial charge in [-0.15, -0.1) is 0 Å². The summed E-state index contributed by atoms with van der Waals surface area (Å²) < 4.78 is 5.48. The number of benzene rings is 1. The predicted molar refractivity (Wildman–Crippen MR) is 172 cm³/mol. The minimum atomic E-state index is -0.865. The van der Waals surface area contributed by atoms with Gasteiger partial charge in [-0.1, -0.05) is 43.5 Å². The van der Waals surface area contributed by atoms with E-state index in [2.05, 4.69) is 15.5 Å². The van der Waals surface area contributed by atoms with Gasteiger partial charge in [-0.05, 0) is 76.3 Å².